The lowest BCUT2D eigenvalue weighted by Gasteiger charge is -2.28. The van der Waals surface area contributed by atoms with E-state index in [1.54, 1.807) is 30.3 Å². The Labute approximate surface area is 204 Å². The maximum atomic E-state index is 13.8. The standard InChI is InChI=1S/C23H19ClFN3O4S2/c24-15-5-10-19-21(13-15)33-23(26-19)27(14-17-3-2-12-32-17)22(29)20-4-1-11-28(20)34(30,31)18-8-6-16(25)7-9-18/h2-3,5-10,12-13,20H,1,4,11,14H2. The summed E-state index contributed by atoms with van der Waals surface area (Å²) in [6.07, 6.45) is 2.41. The first-order valence-electron chi connectivity index (χ1n) is 10.5. The fourth-order valence-electron chi connectivity index (χ4n) is 4.00. The Hall–Kier alpha value is -2.79. The molecule has 5 rings (SSSR count). The molecule has 4 aromatic rings. The van der Waals surface area contributed by atoms with Gasteiger partial charge in [0.05, 0.1) is 27.9 Å². The van der Waals surface area contributed by atoms with Gasteiger partial charge in [-0.2, -0.15) is 4.31 Å². The lowest BCUT2D eigenvalue weighted by atomic mass is 10.2. The predicted octanol–water partition coefficient (Wildman–Crippen LogP) is 5.07. The molecule has 1 atom stereocenters. The molecule has 176 valence electrons. The number of anilines is 1. The van der Waals surface area contributed by atoms with Crippen molar-refractivity contribution in [3.8, 4) is 0 Å². The number of amides is 1. The summed E-state index contributed by atoms with van der Waals surface area (Å²) in [5.41, 5.74) is 0.684. The molecular formula is C23H19ClFN3O4S2. The van der Waals surface area contributed by atoms with Crippen LogP contribution in [0.5, 0.6) is 0 Å². The summed E-state index contributed by atoms with van der Waals surface area (Å²) in [6, 6.07) is 12.4. The molecule has 1 saturated heterocycles. The lowest BCUT2D eigenvalue weighted by Crippen LogP contribution is -2.47. The van der Waals surface area contributed by atoms with Crippen LogP contribution < -0.4 is 4.90 Å². The van der Waals surface area contributed by atoms with E-state index in [9.17, 15) is 17.6 Å². The number of thiazole rings is 1. The van der Waals surface area contributed by atoms with Crippen LogP contribution >= 0.6 is 22.9 Å². The molecule has 2 aromatic carbocycles. The molecule has 0 radical (unpaired) electrons. The third-order valence-corrected chi connectivity index (χ3v) is 8.84. The molecule has 1 aliphatic heterocycles. The lowest BCUT2D eigenvalue weighted by molar-refractivity contribution is -0.121. The van der Waals surface area contributed by atoms with Gasteiger partial charge in [0.15, 0.2) is 5.13 Å². The molecule has 0 spiro atoms. The van der Waals surface area contributed by atoms with E-state index in [0.717, 1.165) is 16.8 Å². The fourth-order valence-corrected chi connectivity index (χ4v) is 6.89. The van der Waals surface area contributed by atoms with Gasteiger partial charge in [0.1, 0.15) is 17.6 Å². The van der Waals surface area contributed by atoms with E-state index >= 15 is 0 Å². The van der Waals surface area contributed by atoms with Crippen LogP contribution in [0.2, 0.25) is 5.02 Å². The quantitative estimate of drug-likeness (QED) is 0.355. The summed E-state index contributed by atoms with van der Waals surface area (Å²) in [4.78, 5) is 19.8. The van der Waals surface area contributed by atoms with Crippen LogP contribution in [0.4, 0.5) is 9.52 Å². The second-order valence-corrected chi connectivity index (χ2v) is 11.2. The Balaban J connectivity index is 1.51. The van der Waals surface area contributed by atoms with Gasteiger partial charge in [-0.15, -0.1) is 0 Å². The summed E-state index contributed by atoms with van der Waals surface area (Å²) in [6.45, 7) is 0.292. The average Bonchev–Trinajstić information content (AvgIpc) is 3.57. The fraction of sp³-hybridized carbons (Fsp3) is 0.217. The average molecular weight is 520 g/mol. The van der Waals surface area contributed by atoms with Crippen LogP contribution in [-0.4, -0.2) is 36.2 Å². The zero-order chi connectivity index (χ0) is 23.9. The Kier molecular flexibility index (Phi) is 6.15. The van der Waals surface area contributed by atoms with E-state index in [-0.39, 0.29) is 18.0 Å². The predicted molar refractivity (Wildman–Crippen MR) is 128 cm³/mol. The van der Waals surface area contributed by atoms with Crippen LogP contribution in [0.1, 0.15) is 18.6 Å². The van der Waals surface area contributed by atoms with Gasteiger partial charge in [0.25, 0.3) is 0 Å². The second-order valence-electron chi connectivity index (χ2n) is 7.84. The molecule has 2 aromatic heterocycles. The van der Waals surface area contributed by atoms with Gasteiger partial charge in [-0.1, -0.05) is 22.9 Å². The number of rotatable bonds is 6. The van der Waals surface area contributed by atoms with Crippen molar-refractivity contribution < 1.29 is 22.0 Å². The molecule has 0 bridgehead atoms. The number of furan rings is 1. The first-order chi connectivity index (χ1) is 16.3. The van der Waals surface area contributed by atoms with Crippen LogP contribution in [-0.2, 0) is 21.4 Å². The van der Waals surface area contributed by atoms with E-state index < -0.39 is 27.8 Å². The molecule has 34 heavy (non-hydrogen) atoms. The Morgan fingerprint density at radius 1 is 1.24 bits per heavy atom. The monoisotopic (exact) mass is 519 g/mol. The third kappa shape index (κ3) is 4.34. The highest BCUT2D eigenvalue weighted by atomic mass is 35.5. The first kappa shape index (κ1) is 23.0. The molecular weight excluding hydrogens is 501 g/mol. The van der Waals surface area contributed by atoms with E-state index in [1.165, 1.54) is 38.9 Å². The Morgan fingerprint density at radius 2 is 2.03 bits per heavy atom. The molecule has 0 aliphatic carbocycles. The summed E-state index contributed by atoms with van der Waals surface area (Å²) >= 11 is 7.41. The summed E-state index contributed by atoms with van der Waals surface area (Å²) in [5.74, 6) is -0.394. The molecule has 11 heteroatoms. The van der Waals surface area contributed by atoms with Crippen molar-refractivity contribution in [2.75, 3.05) is 11.4 Å². The Morgan fingerprint density at radius 3 is 2.76 bits per heavy atom. The summed E-state index contributed by atoms with van der Waals surface area (Å²) in [7, 11) is -4.00. The topological polar surface area (TPSA) is 83.7 Å². The van der Waals surface area contributed by atoms with E-state index in [2.05, 4.69) is 4.98 Å². The highest BCUT2D eigenvalue weighted by molar-refractivity contribution is 7.89. The molecule has 1 amide bonds. The van der Waals surface area contributed by atoms with Crippen LogP contribution in [0.3, 0.4) is 0 Å². The number of hydrogen-bond acceptors (Lipinski definition) is 6. The van der Waals surface area contributed by atoms with E-state index in [0.29, 0.717) is 34.3 Å². The van der Waals surface area contributed by atoms with Gasteiger partial charge in [0, 0.05) is 11.6 Å². The van der Waals surface area contributed by atoms with Gasteiger partial charge >= 0.3 is 0 Å². The number of fused-ring (bicyclic) bond motifs is 1. The second kappa shape index (κ2) is 9.10. The van der Waals surface area contributed by atoms with Crippen molar-refractivity contribution in [3.63, 3.8) is 0 Å². The van der Waals surface area contributed by atoms with E-state index in [1.807, 2.05) is 0 Å². The van der Waals surface area contributed by atoms with Crippen molar-refractivity contribution >= 4 is 54.2 Å². The van der Waals surface area contributed by atoms with Gasteiger partial charge < -0.3 is 4.42 Å². The number of carbonyl (C=O) groups excluding carboxylic acids is 1. The van der Waals surface area contributed by atoms with Crippen LogP contribution in [0, 0.1) is 5.82 Å². The minimum Gasteiger partial charge on any atom is -0.467 e. The normalized spacial score (nSPS) is 16.8. The zero-order valence-corrected chi connectivity index (χ0v) is 20.1. The zero-order valence-electron chi connectivity index (χ0n) is 17.7. The maximum absolute atomic E-state index is 13.8. The smallest absolute Gasteiger partial charge is 0.247 e. The number of halogens is 2. The van der Waals surface area contributed by atoms with Gasteiger partial charge in [-0.3, -0.25) is 9.69 Å². The summed E-state index contributed by atoms with van der Waals surface area (Å²) in [5, 5.41) is 0.976. The number of carbonyl (C=O) groups is 1. The molecule has 3 heterocycles. The molecule has 0 saturated carbocycles. The van der Waals surface area contributed by atoms with Crippen molar-refractivity contribution in [3.05, 3.63) is 77.5 Å². The van der Waals surface area contributed by atoms with Gasteiger partial charge in [-0.05, 0) is 67.4 Å². The molecule has 1 unspecified atom stereocenters. The van der Waals surface area contributed by atoms with Crippen LogP contribution in [0.25, 0.3) is 10.2 Å². The minimum absolute atomic E-state index is 0.0548. The number of sulfonamides is 1. The number of hydrogen-bond donors (Lipinski definition) is 0. The van der Waals surface area contributed by atoms with Gasteiger partial charge in [0.2, 0.25) is 15.9 Å². The maximum Gasteiger partial charge on any atom is 0.247 e. The van der Waals surface area contributed by atoms with Crippen molar-refractivity contribution in [1.29, 1.82) is 0 Å². The molecule has 0 N–H and O–H groups in total. The number of benzene rings is 2. The highest BCUT2D eigenvalue weighted by Crippen LogP contribution is 2.34. The van der Waals surface area contributed by atoms with Crippen LogP contribution in [0.15, 0.2) is 70.2 Å². The summed E-state index contributed by atoms with van der Waals surface area (Å²) < 4.78 is 47.4. The molecule has 1 fully saturated rings. The number of aromatic nitrogens is 1. The van der Waals surface area contributed by atoms with Crippen molar-refractivity contribution in [1.82, 2.24) is 9.29 Å². The van der Waals surface area contributed by atoms with E-state index in [4.69, 9.17) is 16.0 Å². The highest BCUT2D eigenvalue weighted by Gasteiger charge is 2.42. The largest absolute Gasteiger partial charge is 0.467 e. The first-order valence-corrected chi connectivity index (χ1v) is 13.1. The third-order valence-electron chi connectivity index (χ3n) is 5.64. The van der Waals surface area contributed by atoms with Gasteiger partial charge in [-0.25, -0.2) is 17.8 Å². The Bertz CT molecular complexity index is 1440. The number of nitrogens with zero attached hydrogens (tertiary/aromatic N) is 3. The molecule has 1 aliphatic rings. The SMILES string of the molecule is O=C(C1CCCN1S(=O)(=O)c1ccc(F)cc1)N(Cc1ccco1)c1nc2ccc(Cl)cc2s1. The van der Waals surface area contributed by atoms with Crippen molar-refractivity contribution in [2.24, 2.45) is 0 Å². The van der Waals surface area contributed by atoms with Crippen molar-refractivity contribution in [2.45, 2.75) is 30.3 Å². The minimum atomic E-state index is -4.00. The molecule has 7 nitrogen and oxygen atoms in total.